The second-order valence-electron chi connectivity index (χ2n) is 3.49. The van der Waals surface area contributed by atoms with Gasteiger partial charge < -0.3 is 10.2 Å². The quantitative estimate of drug-likeness (QED) is 0.819. The van der Waals surface area contributed by atoms with Gasteiger partial charge in [0, 0.05) is 24.0 Å². The van der Waals surface area contributed by atoms with E-state index in [0.29, 0.717) is 5.13 Å². The van der Waals surface area contributed by atoms with Crippen molar-refractivity contribution in [3.8, 4) is 0 Å². The highest BCUT2D eigenvalue weighted by Gasteiger charge is 2.14. The number of carbonyl (C=O) groups excluding carboxylic acids is 1. The molecule has 5 heteroatoms. The molecular weight excluding hydrogens is 198 g/mol. The number of carbonyl (C=O) groups is 1. The maximum absolute atomic E-state index is 11.6. The Morgan fingerprint density at radius 2 is 2.43 bits per heavy atom. The Bertz CT molecular complexity index is 284. The zero-order chi connectivity index (χ0) is 10.6. The Kier molecular flexibility index (Phi) is 4.03. The lowest BCUT2D eigenvalue weighted by Crippen LogP contribution is -2.29. The molecule has 1 aromatic rings. The van der Waals surface area contributed by atoms with Crippen LogP contribution >= 0.6 is 11.3 Å². The Hall–Kier alpha value is -0.940. The molecule has 0 saturated heterocycles. The van der Waals surface area contributed by atoms with E-state index in [4.69, 9.17) is 0 Å². The standard InChI is InChI=1S/C9H15N3OS/c1-7(6-12(2)3)8(13)11-9-10-4-5-14-9/h4-5,7H,6H2,1-3H3,(H,10,11,13). The van der Waals surface area contributed by atoms with E-state index in [0.717, 1.165) is 6.54 Å². The first-order valence-corrected chi connectivity index (χ1v) is 5.32. The Morgan fingerprint density at radius 3 is 2.93 bits per heavy atom. The molecule has 0 aliphatic carbocycles. The fraction of sp³-hybridized carbons (Fsp3) is 0.556. The maximum Gasteiger partial charge on any atom is 0.230 e. The minimum atomic E-state index is -0.0195. The highest BCUT2D eigenvalue weighted by atomic mass is 32.1. The van der Waals surface area contributed by atoms with Gasteiger partial charge in [0.2, 0.25) is 5.91 Å². The SMILES string of the molecule is CC(CN(C)C)C(=O)Nc1nccs1. The number of amides is 1. The number of rotatable bonds is 4. The van der Waals surface area contributed by atoms with Crippen molar-refractivity contribution < 1.29 is 4.79 Å². The van der Waals surface area contributed by atoms with E-state index in [2.05, 4.69) is 10.3 Å². The summed E-state index contributed by atoms with van der Waals surface area (Å²) in [4.78, 5) is 17.6. The molecule has 0 aliphatic rings. The van der Waals surface area contributed by atoms with Gasteiger partial charge in [0.15, 0.2) is 5.13 Å². The number of hydrogen-bond donors (Lipinski definition) is 1. The first-order chi connectivity index (χ1) is 6.59. The molecule has 1 aromatic heterocycles. The minimum Gasteiger partial charge on any atom is -0.309 e. The van der Waals surface area contributed by atoms with Crippen LogP contribution in [-0.2, 0) is 4.79 Å². The molecule has 1 rings (SSSR count). The van der Waals surface area contributed by atoms with Crippen molar-refractivity contribution in [1.29, 1.82) is 0 Å². The molecular formula is C9H15N3OS. The van der Waals surface area contributed by atoms with E-state index in [-0.39, 0.29) is 11.8 Å². The molecule has 1 amide bonds. The number of nitrogens with zero attached hydrogens (tertiary/aromatic N) is 2. The van der Waals surface area contributed by atoms with Gasteiger partial charge in [0.1, 0.15) is 0 Å². The van der Waals surface area contributed by atoms with Gasteiger partial charge in [-0.3, -0.25) is 4.79 Å². The van der Waals surface area contributed by atoms with E-state index >= 15 is 0 Å². The molecule has 0 spiro atoms. The molecule has 78 valence electrons. The second-order valence-corrected chi connectivity index (χ2v) is 4.38. The lowest BCUT2D eigenvalue weighted by atomic mass is 10.1. The van der Waals surface area contributed by atoms with Crippen molar-refractivity contribution in [3.05, 3.63) is 11.6 Å². The molecule has 0 aromatic carbocycles. The van der Waals surface area contributed by atoms with Crippen LogP contribution in [0.25, 0.3) is 0 Å². The van der Waals surface area contributed by atoms with Crippen molar-refractivity contribution in [1.82, 2.24) is 9.88 Å². The third-order valence-electron chi connectivity index (χ3n) is 1.75. The van der Waals surface area contributed by atoms with Gasteiger partial charge in [-0.2, -0.15) is 0 Å². The van der Waals surface area contributed by atoms with Gasteiger partial charge in [-0.15, -0.1) is 11.3 Å². The second kappa shape index (κ2) is 5.07. The third kappa shape index (κ3) is 3.43. The van der Waals surface area contributed by atoms with Gasteiger partial charge in [-0.05, 0) is 14.1 Å². The molecule has 0 aliphatic heterocycles. The van der Waals surface area contributed by atoms with Crippen LogP contribution in [0.2, 0.25) is 0 Å². The normalized spacial score (nSPS) is 12.9. The fourth-order valence-corrected chi connectivity index (χ4v) is 1.68. The zero-order valence-corrected chi connectivity index (χ0v) is 9.47. The molecule has 1 N–H and O–H groups in total. The molecule has 0 fully saturated rings. The third-order valence-corrected chi connectivity index (χ3v) is 2.44. The number of hydrogen-bond acceptors (Lipinski definition) is 4. The Morgan fingerprint density at radius 1 is 1.71 bits per heavy atom. The predicted molar refractivity (Wildman–Crippen MR) is 58.5 cm³/mol. The summed E-state index contributed by atoms with van der Waals surface area (Å²) in [5, 5.41) is 5.28. The Labute approximate surface area is 88.0 Å². The van der Waals surface area contributed by atoms with E-state index in [1.807, 2.05) is 31.3 Å². The topological polar surface area (TPSA) is 45.2 Å². The highest BCUT2D eigenvalue weighted by Crippen LogP contribution is 2.11. The summed E-state index contributed by atoms with van der Waals surface area (Å²) in [6, 6.07) is 0. The molecule has 1 unspecified atom stereocenters. The lowest BCUT2D eigenvalue weighted by Gasteiger charge is -2.15. The molecule has 1 heterocycles. The smallest absolute Gasteiger partial charge is 0.230 e. The minimum absolute atomic E-state index is 0.0195. The van der Waals surface area contributed by atoms with Gasteiger partial charge in [-0.1, -0.05) is 6.92 Å². The maximum atomic E-state index is 11.6. The fourth-order valence-electron chi connectivity index (χ4n) is 1.14. The molecule has 4 nitrogen and oxygen atoms in total. The van der Waals surface area contributed by atoms with Gasteiger partial charge in [-0.25, -0.2) is 4.98 Å². The van der Waals surface area contributed by atoms with Crippen molar-refractivity contribution in [3.63, 3.8) is 0 Å². The van der Waals surface area contributed by atoms with Crippen molar-refractivity contribution >= 4 is 22.4 Å². The largest absolute Gasteiger partial charge is 0.309 e. The first-order valence-electron chi connectivity index (χ1n) is 4.44. The molecule has 0 bridgehead atoms. The predicted octanol–water partition coefficient (Wildman–Crippen LogP) is 1.28. The van der Waals surface area contributed by atoms with E-state index < -0.39 is 0 Å². The van der Waals surface area contributed by atoms with E-state index in [9.17, 15) is 4.79 Å². The zero-order valence-electron chi connectivity index (χ0n) is 8.65. The summed E-state index contributed by atoms with van der Waals surface area (Å²) in [6.45, 7) is 2.65. The monoisotopic (exact) mass is 213 g/mol. The van der Waals surface area contributed by atoms with Crippen LogP contribution in [0.1, 0.15) is 6.92 Å². The van der Waals surface area contributed by atoms with Crippen molar-refractivity contribution in [2.45, 2.75) is 6.92 Å². The number of thiazole rings is 1. The van der Waals surface area contributed by atoms with Crippen LogP contribution in [0.5, 0.6) is 0 Å². The average Bonchev–Trinajstić information content (AvgIpc) is 2.55. The summed E-state index contributed by atoms with van der Waals surface area (Å²) in [5.74, 6) is 0.00236. The van der Waals surface area contributed by atoms with Crippen LogP contribution in [-0.4, -0.2) is 36.4 Å². The molecule has 14 heavy (non-hydrogen) atoms. The molecule has 0 radical (unpaired) electrons. The van der Waals surface area contributed by atoms with Crippen LogP contribution in [0.3, 0.4) is 0 Å². The van der Waals surface area contributed by atoms with Crippen LogP contribution in [0, 0.1) is 5.92 Å². The van der Waals surface area contributed by atoms with Gasteiger partial charge in [0.25, 0.3) is 0 Å². The van der Waals surface area contributed by atoms with Gasteiger partial charge in [0.05, 0.1) is 0 Å². The summed E-state index contributed by atoms with van der Waals surface area (Å²) >= 11 is 1.43. The first kappa shape index (κ1) is 11.1. The van der Waals surface area contributed by atoms with Crippen molar-refractivity contribution in [2.24, 2.45) is 5.92 Å². The summed E-state index contributed by atoms with van der Waals surface area (Å²) in [7, 11) is 3.90. The number of anilines is 1. The molecule has 0 saturated carbocycles. The summed E-state index contributed by atoms with van der Waals surface area (Å²) in [5.41, 5.74) is 0. The van der Waals surface area contributed by atoms with E-state index in [1.165, 1.54) is 11.3 Å². The summed E-state index contributed by atoms with van der Waals surface area (Å²) < 4.78 is 0. The summed E-state index contributed by atoms with van der Waals surface area (Å²) in [6.07, 6.45) is 1.68. The number of aromatic nitrogens is 1. The average molecular weight is 213 g/mol. The Balaban J connectivity index is 2.42. The number of nitrogens with one attached hydrogen (secondary N) is 1. The lowest BCUT2D eigenvalue weighted by molar-refractivity contribution is -0.119. The highest BCUT2D eigenvalue weighted by molar-refractivity contribution is 7.13. The van der Waals surface area contributed by atoms with Crippen LogP contribution in [0.4, 0.5) is 5.13 Å². The van der Waals surface area contributed by atoms with E-state index in [1.54, 1.807) is 6.20 Å². The van der Waals surface area contributed by atoms with Crippen LogP contribution < -0.4 is 5.32 Å². The van der Waals surface area contributed by atoms with Crippen molar-refractivity contribution in [2.75, 3.05) is 26.0 Å². The van der Waals surface area contributed by atoms with Gasteiger partial charge >= 0.3 is 0 Å². The molecule has 1 atom stereocenters. The van der Waals surface area contributed by atoms with Crippen LogP contribution in [0.15, 0.2) is 11.6 Å².